The lowest BCUT2D eigenvalue weighted by molar-refractivity contribution is 0.173. The summed E-state index contributed by atoms with van der Waals surface area (Å²) < 4.78 is 2.85. The lowest BCUT2D eigenvalue weighted by atomic mass is 10.4. The van der Waals surface area contributed by atoms with Gasteiger partial charge in [-0.25, -0.2) is 4.03 Å². The van der Waals surface area contributed by atoms with Crippen molar-refractivity contribution >= 4 is 43.8 Å². The first-order valence-electron chi connectivity index (χ1n) is 3.23. The molecule has 0 aromatic carbocycles. The highest BCUT2D eigenvalue weighted by molar-refractivity contribution is 9.11. The van der Waals surface area contributed by atoms with E-state index in [4.69, 9.17) is 0 Å². The standard InChI is InChI=1S/C5H7Br2N3S/c6-5-1-9(7)8-10(5)4-2-11-3-4/h1,4,8H,2-3H2. The normalized spacial score (nSPS) is 25.5. The van der Waals surface area contributed by atoms with Crippen molar-refractivity contribution in [2.75, 3.05) is 11.5 Å². The molecule has 2 heterocycles. The SMILES string of the molecule is BrC1=CN(Br)NN1C1CSC1. The highest BCUT2D eigenvalue weighted by atomic mass is 79.9. The van der Waals surface area contributed by atoms with E-state index in [9.17, 15) is 0 Å². The van der Waals surface area contributed by atoms with E-state index in [2.05, 4.69) is 42.6 Å². The molecule has 2 rings (SSSR count). The van der Waals surface area contributed by atoms with Crippen molar-refractivity contribution in [2.24, 2.45) is 0 Å². The molecule has 0 amide bonds. The van der Waals surface area contributed by atoms with Gasteiger partial charge in [0.2, 0.25) is 0 Å². The van der Waals surface area contributed by atoms with Crippen LogP contribution >= 0.6 is 43.8 Å². The molecule has 0 spiro atoms. The van der Waals surface area contributed by atoms with Crippen LogP contribution in [0.1, 0.15) is 0 Å². The fourth-order valence-electron chi connectivity index (χ4n) is 0.964. The molecule has 1 fully saturated rings. The van der Waals surface area contributed by atoms with Gasteiger partial charge in [-0.2, -0.15) is 11.8 Å². The van der Waals surface area contributed by atoms with Crippen LogP contribution in [0.15, 0.2) is 10.8 Å². The van der Waals surface area contributed by atoms with Gasteiger partial charge in [-0.3, -0.25) is 5.01 Å². The molecule has 0 aromatic heterocycles. The largest absolute Gasteiger partial charge is 0.277 e. The van der Waals surface area contributed by atoms with E-state index in [0.717, 1.165) is 4.61 Å². The average Bonchev–Trinajstić information content (AvgIpc) is 2.07. The second-order valence-corrected chi connectivity index (χ2v) is 5.08. The van der Waals surface area contributed by atoms with Crippen LogP contribution in [0.5, 0.6) is 0 Å². The Bertz CT molecular complexity index is 194. The number of thioether (sulfide) groups is 1. The van der Waals surface area contributed by atoms with Crippen molar-refractivity contribution in [2.45, 2.75) is 6.04 Å². The Balaban J connectivity index is 2.00. The summed E-state index contributed by atoms with van der Waals surface area (Å²) in [5.74, 6) is 2.41. The Morgan fingerprint density at radius 2 is 2.36 bits per heavy atom. The third-order valence-electron chi connectivity index (χ3n) is 1.64. The van der Waals surface area contributed by atoms with Crippen molar-refractivity contribution < 1.29 is 0 Å². The van der Waals surface area contributed by atoms with Gasteiger partial charge < -0.3 is 0 Å². The van der Waals surface area contributed by atoms with E-state index in [0.29, 0.717) is 6.04 Å². The molecule has 2 aliphatic rings. The van der Waals surface area contributed by atoms with Gasteiger partial charge in [0.15, 0.2) is 0 Å². The Labute approximate surface area is 86.6 Å². The summed E-state index contributed by atoms with van der Waals surface area (Å²) >= 11 is 8.74. The van der Waals surface area contributed by atoms with Crippen molar-refractivity contribution in [1.29, 1.82) is 0 Å². The predicted molar refractivity (Wildman–Crippen MR) is 53.9 cm³/mol. The van der Waals surface area contributed by atoms with Gasteiger partial charge in [0, 0.05) is 11.5 Å². The van der Waals surface area contributed by atoms with E-state index in [1.54, 1.807) is 4.03 Å². The van der Waals surface area contributed by atoms with Crippen LogP contribution in [-0.4, -0.2) is 26.6 Å². The summed E-state index contributed by atoms with van der Waals surface area (Å²) in [6.45, 7) is 0. The predicted octanol–water partition coefficient (Wildman–Crippen LogP) is 1.64. The minimum absolute atomic E-state index is 0.633. The third-order valence-corrected chi connectivity index (χ3v) is 3.83. The Morgan fingerprint density at radius 3 is 2.73 bits per heavy atom. The van der Waals surface area contributed by atoms with Gasteiger partial charge in [0.05, 0.1) is 28.4 Å². The first kappa shape index (κ1) is 8.22. The summed E-state index contributed by atoms with van der Waals surface area (Å²) in [5.41, 5.74) is 3.14. The zero-order valence-electron chi connectivity index (χ0n) is 5.63. The van der Waals surface area contributed by atoms with Crippen LogP contribution in [0.4, 0.5) is 0 Å². The fourth-order valence-corrected chi connectivity index (χ4v) is 2.92. The summed E-state index contributed by atoms with van der Waals surface area (Å²) in [5, 5.41) is 2.12. The van der Waals surface area contributed by atoms with Crippen molar-refractivity contribution in [3.05, 3.63) is 10.8 Å². The molecule has 6 heteroatoms. The number of hydrogen-bond acceptors (Lipinski definition) is 4. The first-order valence-corrected chi connectivity index (χ1v) is 5.88. The van der Waals surface area contributed by atoms with Gasteiger partial charge in [0.1, 0.15) is 4.61 Å². The van der Waals surface area contributed by atoms with E-state index < -0.39 is 0 Å². The number of hydrazine groups is 2. The van der Waals surface area contributed by atoms with E-state index in [-0.39, 0.29) is 0 Å². The molecular formula is C5H7Br2N3S. The van der Waals surface area contributed by atoms with E-state index >= 15 is 0 Å². The highest BCUT2D eigenvalue weighted by Gasteiger charge is 2.30. The molecule has 0 saturated carbocycles. The second kappa shape index (κ2) is 3.16. The molecule has 1 saturated heterocycles. The van der Waals surface area contributed by atoms with Crippen molar-refractivity contribution in [1.82, 2.24) is 14.6 Å². The minimum Gasteiger partial charge on any atom is -0.277 e. The number of halogens is 2. The third kappa shape index (κ3) is 1.54. The maximum Gasteiger partial charge on any atom is 0.115 e. The molecule has 62 valence electrons. The van der Waals surface area contributed by atoms with Crippen LogP contribution in [0.25, 0.3) is 0 Å². The van der Waals surface area contributed by atoms with Crippen LogP contribution in [0.2, 0.25) is 0 Å². The summed E-state index contributed by atoms with van der Waals surface area (Å²) in [6.07, 6.45) is 1.95. The molecule has 0 unspecified atom stereocenters. The highest BCUT2D eigenvalue weighted by Crippen LogP contribution is 2.30. The van der Waals surface area contributed by atoms with Crippen LogP contribution in [0.3, 0.4) is 0 Å². The van der Waals surface area contributed by atoms with Gasteiger partial charge in [0.25, 0.3) is 0 Å². The molecule has 0 aliphatic carbocycles. The number of nitrogens with one attached hydrogen (secondary N) is 1. The average molecular weight is 301 g/mol. The number of hydrogen-bond donors (Lipinski definition) is 1. The Morgan fingerprint density at radius 1 is 1.64 bits per heavy atom. The molecule has 0 bridgehead atoms. The van der Waals surface area contributed by atoms with Gasteiger partial charge in [-0.15, -0.1) is 5.53 Å². The van der Waals surface area contributed by atoms with Crippen molar-refractivity contribution in [3.63, 3.8) is 0 Å². The Kier molecular flexibility index (Phi) is 2.36. The molecule has 3 nitrogen and oxygen atoms in total. The molecule has 0 atom stereocenters. The fraction of sp³-hybridized carbons (Fsp3) is 0.600. The van der Waals surface area contributed by atoms with Crippen LogP contribution < -0.4 is 5.53 Å². The first-order chi connectivity index (χ1) is 5.27. The quantitative estimate of drug-likeness (QED) is 0.586. The van der Waals surface area contributed by atoms with Gasteiger partial charge in [-0.05, 0) is 15.9 Å². The zero-order valence-corrected chi connectivity index (χ0v) is 9.62. The summed E-state index contributed by atoms with van der Waals surface area (Å²) in [7, 11) is 0. The maximum atomic E-state index is 3.46. The maximum absolute atomic E-state index is 3.46. The van der Waals surface area contributed by atoms with Crippen LogP contribution in [0, 0.1) is 0 Å². The molecule has 1 N–H and O–H groups in total. The van der Waals surface area contributed by atoms with Gasteiger partial charge in [-0.1, -0.05) is 0 Å². The van der Waals surface area contributed by atoms with Crippen LogP contribution in [-0.2, 0) is 0 Å². The number of nitrogens with zero attached hydrogens (tertiary/aromatic N) is 2. The second-order valence-electron chi connectivity index (χ2n) is 2.42. The van der Waals surface area contributed by atoms with Crippen molar-refractivity contribution in [3.8, 4) is 0 Å². The summed E-state index contributed by atoms with van der Waals surface area (Å²) in [4.78, 5) is 0. The molecule has 2 aliphatic heterocycles. The number of rotatable bonds is 1. The molecule has 0 radical (unpaired) electrons. The Hall–Kier alpha value is 0.610. The molecule has 11 heavy (non-hydrogen) atoms. The lowest BCUT2D eigenvalue weighted by Crippen LogP contribution is -2.49. The zero-order chi connectivity index (χ0) is 7.84. The monoisotopic (exact) mass is 299 g/mol. The van der Waals surface area contributed by atoms with E-state index in [1.807, 2.05) is 18.0 Å². The molecule has 0 aromatic rings. The minimum atomic E-state index is 0.633. The molecular weight excluding hydrogens is 294 g/mol. The topological polar surface area (TPSA) is 18.5 Å². The summed E-state index contributed by atoms with van der Waals surface area (Å²) in [6, 6.07) is 0.633. The lowest BCUT2D eigenvalue weighted by Gasteiger charge is -2.35. The smallest absolute Gasteiger partial charge is 0.115 e. The van der Waals surface area contributed by atoms with E-state index in [1.165, 1.54) is 11.5 Å². The van der Waals surface area contributed by atoms with Gasteiger partial charge >= 0.3 is 0 Å².